The Kier molecular flexibility index (Phi) is 5.59. The van der Waals surface area contributed by atoms with Gasteiger partial charge in [-0.15, -0.1) is 0 Å². The summed E-state index contributed by atoms with van der Waals surface area (Å²) in [5.41, 5.74) is 3.77. The predicted molar refractivity (Wildman–Crippen MR) is 110 cm³/mol. The van der Waals surface area contributed by atoms with Crippen LogP contribution in [-0.2, 0) is 0 Å². The number of halogens is 2. The molecule has 4 rings (SSSR count). The van der Waals surface area contributed by atoms with Gasteiger partial charge in [0.15, 0.2) is 0 Å². The first kappa shape index (κ1) is 18.3. The lowest BCUT2D eigenvalue weighted by Crippen LogP contribution is -2.25. The van der Waals surface area contributed by atoms with Gasteiger partial charge in [0, 0.05) is 26.2 Å². The molecule has 0 bridgehead atoms. The SMILES string of the molecule is Clc1ccc(/C=N\Nc2nc(N3CCCC3)nc(N3CCCC3)n2)cc1Cl. The van der Waals surface area contributed by atoms with E-state index in [1.807, 2.05) is 6.07 Å². The predicted octanol–water partition coefficient (Wildman–Crippen LogP) is 3.82. The average Bonchev–Trinajstić information content (AvgIpc) is 3.38. The van der Waals surface area contributed by atoms with E-state index in [0.717, 1.165) is 43.6 Å². The third-order valence-corrected chi connectivity index (χ3v) is 5.45. The third-order valence-electron chi connectivity index (χ3n) is 4.71. The molecular weight excluding hydrogens is 385 g/mol. The highest BCUT2D eigenvalue weighted by molar-refractivity contribution is 6.42. The second-order valence-electron chi connectivity index (χ2n) is 6.69. The van der Waals surface area contributed by atoms with Crippen LogP contribution in [0.5, 0.6) is 0 Å². The Morgan fingerprint density at radius 3 is 2.00 bits per heavy atom. The minimum atomic E-state index is 0.449. The van der Waals surface area contributed by atoms with Gasteiger partial charge in [-0.1, -0.05) is 29.3 Å². The van der Waals surface area contributed by atoms with Gasteiger partial charge in [-0.2, -0.15) is 20.1 Å². The van der Waals surface area contributed by atoms with Crippen LogP contribution in [0.25, 0.3) is 0 Å². The summed E-state index contributed by atoms with van der Waals surface area (Å²) in [5, 5.41) is 5.26. The molecule has 0 atom stereocenters. The van der Waals surface area contributed by atoms with Crippen molar-refractivity contribution < 1.29 is 0 Å². The van der Waals surface area contributed by atoms with Crippen LogP contribution >= 0.6 is 23.2 Å². The summed E-state index contributed by atoms with van der Waals surface area (Å²) < 4.78 is 0. The molecule has 1 aromatic carbocycles. The van der Waals surface area contributed by atoms with Crippen molar-refractivity contribution in [3.05, 3.63) is 33.8 Å². The number of rotatable bonds is 5. The number of nitrogens with one attached hydrogen (secondary N) is 1. The van der Waals surface area contributed by atoms with Crippen LogP contribution in [0.1, 0.15) is 31.2 Å². The summed E-state index contributed by atoms with van der Waals surface area (Å²) >= 11 is 12.0. The summed E-state index contributed by atoms with van der Waals surface area (Å²) in [6.45, 7) is 3.93. The molecule has 27 heavy (non-hydrogen) atoms. The molecule has 1 N–H and O–H groups in total. The zero-order valence-electron chi connectivity index (χ0n) is 14.9. The summed E-state index contributed by atoms with van der Waals surface area (Å²) in [6, 6.07) is 5.34. The van der Waals surface area contributed by atoms with Gasteiger partial charge in [0.25, 0.3) is 0 Å². The topological polar surface area (TPSA) is 69.5 Å². The molecule has 1 aromatic heterocycles. The van der Waals surface area contributed by atoms with E-state index in [0.29, 0.717) is 16.0 Å². The molecule has 0 unspecified atom stereocenters. The molecule has 2 saturated heterocycles. The van der Waals surface area contributed by atoms with Gasteiger partial charge in [0.2, 0.25) is 17.8 Å². The largest absolute Gasteiger partial charge is 0.341 e. The molecular formula is C18H21Cl2N7. The molecule has 142 valence electrons. The highest BCUT2D eigenvalue weighted by atomic mass is 35.5. The molecule has 0 saturated carbocycles. The number of hydrazone groups is 1. The molecule has 0 radical (unpaired) electrons. The molecule has 2 fully saturated rings. The van der Waals surface area contributed by atoms with E-state index in [4.69, 9.17) is 28.2 Å². The fourth-order valence-corrected chi connectivity index (χ4v) is 3.58. The van der Waals surface area contributed by atoms with E-state index < -0.39 is 0 Å². The maximum absolute atomic E-state index is 6.04. The Morgan fingerprint density at radius 1 is 0.852 bits per heavy atom. The van der Waals surface area contributed by atoms with Crippen molar-refractivity contribution in [2.45, 2.75) is 25.7 Å². The van der Waals surface area contributed by atoms with Crippen LogP contribution in [0.15, 0.2) is 23.3 Å². The van der Waals surface area contributed by atoms with E-state index in [-0.39, 0.29) is 0 Å². The first-order chi connectivity index (χ1) is 13.2. The van der Waals surface area contributed by atoms with E-state index >= 15 is 0 Å². The minimum Gasteiger partial charge on any atom is -0.341 e. The molecule has 3 heterocycles. The normalized spacial score (nSPS) is 17.3. The lowest BCUT2D eigenvalue weighted by atomic mass is 10.2. The summed E-state index contributed by atoms with van der Waals surface area (Å²) in [7, 11) is 0. The van der Waals surface area contributed by atoms with E-state index in [1.165, 1.54) is 25.7 Å². The van der Waals surface area contributed by atoms with Crippen LogP contribution in [0, 0.1) is 0 Å². The zero-order chi connectivity index (χ0) is 18.6. The van der Waals surface area contributed by atoms with Gasteiger partial charge < -0.3 is 9.80 Å². The molecule has 0 amide bonds. The summed E-state index contributed by atoms with van der Waals surface area (Å²) in [5.74, 6) is 1.89. The first-order valence-electron chi connectivity index (χ1n) is 9.19. The van der Waals surface area contributed by atoms with Crippen molar-refractivity contribution in [2.24, 2.45) is 5.10 Å². The standard InChI is InChI=1S/C18H21Cl2N7/c19-14-6-5-13(11-15(14)20)12-21-25-16-22-17(26-7-1-2-8-26)24-18(23-16)27-9-3-4-10-27/h5-6,11-12H,1-4,7-10H2,(H,22,23,24,25)/b21-12-. The van der Waals surface area contributed by atoms with Crippen LogP contribution in [0.3, 0.4) is 0 Å². The van der Waals surface area contributed by atoms with E-state index in [9.17, 15) is 0 Å². The Balaban J connectivity index is 1.54. The highest BCUT2D eigenvalue weighted by Crippen LogP contribution is 2.23. The van der Waals surface area contributed by atoms with Crippen LogP contribution in [0.4, 0.5) is 17.8 Å². The lowest BCUT2D eigenvalue weighted by molar-refractivity contribution is 0.838. The second kappa shape index (κ2) is 8.27. The number of hydrogen-bond acceptors (Lipinski definition) is 7. The number of aromatic nitrogens is 3. The summed E-state index contributed by atoms with van der Waals surface area (Å²) in [4.78, 5) is 18.2. The molecule has 2 aromatic rings. The van der Waals surface area contributed by atoms with Crippen molar-refractivity contribution >= 4 is 47.3 Å². The first-order valence-corrected chi connectivity index (χ1v) is 9.95. The number of nitrogens with zero attached hydrogens (tertiary/aromatic N) is 6. The number of benzene rings is 1. The minimum absolute atomic E-state index is 0.449. The maximum atomic E-state index is 6.04. The van der Waals surface area contributed by atoms with Gasteiger partial charge in [0.1, 0.15) is 0 Å². The van der Waals surface area contributed by atoms with Crippen molar-refractivity contribution in [1.82, 2.24) is 15.0 Å². The van der Waals surface area contributed by atoms with Crippen molar-refractivity contribution in [3.8, 4) is 0 Å². The Morgan fingerprint density at radius 2 is 1.44 bits per heavy atom. The van der Waals surface area contributed by atoms with Gasteiger partial charge >= 0.3 is 0 Å². The summed E-state index contributed by atoms with van der Waals surface area (Å²) in [6.07, 6.45) is 6.34. The lowest BCUT2D eigenvalue weighted by Gasteiger charge is -2.20. The quantitative estimate of drug-likeness (QED) is 0.601. The Hall–Kier alpha value is -2.12. The van der Waals surface area contributed by atoms with Crippen LogP contribution in [0.2, 0.25) is 10.0 Å². The monoisotopic (exact) mass is 405 g/mol. The van der Waals surface area contributed by atoms with Crippen molar-refractivity contribution in [1.29, 1.82) is 0 Å². The molecule has 9 heteroatoms. The maximum Gasteiger partial charge on any atom is 0.250 e. The number of anilines is 3. The zero-order valence-corrected chi connectivity index (χ0v) is 16.4. The van der Waals surface area contributed by atoms with Crippen molar-refractivity contribution in [3.63, 3.8) is 0 Å². The van der Waals surface area contributed by atoms with Gasteiger partial charge in [-0.3, -0.25) is 0 Å². The van der Waals surface area contributed by atoms with E-state index in [2.05, 4.69) is 30.3 Å². The number of hydrogen-bond donors (Lipinski definition) is 1. The van der Waals surface area contributed by atoms with Gasteiger partial charge in [0.05, 0.1) is 16.3 Å². The molecule has 7 nitrogen and oxygen atoms in total. The van der Waals surface area contributed by atoms with Gasteiger partial charge in [-0.25, -0.2) is 5.43 Å². The third kappa shape index (κ3) is 4.42. The van der Waals surface area contributed by atoms with Crippen LogP contribution < -0.4 is 15.2 Å². The van der Waals surface area contributed by atoms with E-state index in [1.54, 1.807) is 18.3 Å². The Bertz CT molecular complexity index is 796. The fourth-order valence-electron chi connectivity index (χ4n) is 3.28. The average molecular weight is 406 g/mol. The molecule has 2 aliphatic heterocycles. The van der Waals surface area contributed by atoms with Gasteiger partial charge in [-0.05, 0) is 43.4 Å². The highest BCUT2D eigenvalue weighted by Gasteiger charge is 2.21. The van der Waals surface area contributed by atoms with Crippen molar-refractivity contribution in [2.75, 3.05) is 41.4 Å². The molecule has 2 aliphatic rings. The molecule has 0 spiro atoms. The molecule has 0 aliphatic carbocycles. The van der Waals surface area contributed by atoms with Crippen LogP contribution in [-0.4, -0.2) is 47.3 Å². The smallest absolute Gasteiger partial charge is 0.250 e. The second-order valence-corrected chi connectivity index (χ2v) is 7.51. The fraction of sp³-hybridized carbons (Fsp3) is 0.444. The Labute approximate surface area is 168 Å².